The van der Waals surface area contributed by atoms with Crippen molar-refractivity contribution in [3.63, 3.8) is 0 Å². The highest BCUT2D eigenvalue weighted by atomic mass is 16.4. The van der Waals surface area contributed by atoms with Crippen LogP contribution < -0.4 is 0 Å². The van der Waals surface area contributed by atoms with Gasteiger partial charge in [0, 0.05) is 11.3 Å². The van der Waals surface area contributed by atoms with Crippen molar-refractivity contribution in [2.75, 3.05) is 6.61 Å². The van der Waals surface area contributed by atoms with Crippen LogP contribution in [0.5, 0.6) is 0 Å². The first-order valence-electron chi connectivity index (χ1n) is 14.2. The predicted molar refractivity (Wildman–Crippen MR) is 137 cm³/mol. The van der Waals surface area contributed by atoms with Gasteiger partial charge in [-0.05, 0) is 84.9 Å². The summed E-state index contributed by atoms with van der Waals surface area (Å²) in [6.07, 6.45) is 4.44. The number of carbonyl (C=O) groups is 1. The summed E-state index contributed by atoms with van der Waals surface area (Å²) in [5.41, 5.74) is -1.41. The zero-order valence-corrected chi connectivity index (χ0v) is 23.0. The molecular weight excluding hydrogens is 456 g/mol. The first-order valence-corrected chi connectivity index (χ1v) is 14.2. The summed E-state index contributed by atoms with van der Waals surface area (Å²) in [4.78, 5) is 12.8. The van der Waals surface area contributed by atoms with E-state index in [2.05, 4.69) is 40.7 Å². The summed E-state index contributed by atoms with van der Waals surface area (Å²) >= 11 is 0. The molecule has 0 aromatic heterocycles. The molecule has 0 aromatic carbocycles. The number of carboxylic acid groups (broad SMARTS) is 1. The molecule has 0 radical (unpaired) electrons. The Morgan fingerprint density at radius 3 is 2.28 bits per heavy atom. The van der Waals surface area contributed by atoms with E-state index >= 15 is 0 Å². The van der Waals surface area contributed by atoms with Gasteiger partial charge in [0.15, 0.2) is 0 Å². The molecule has 4 saturated carbocycles. The number of rotatable bonds is 2. The summed E-state index contributed by atoms with van der Waals surface area (Å²) in [5.74, 6) is -0.0914. The number of hydrogen-bond donors (Lipinski definition) is 5. The maximum absolute atomic E-state index is 12.8. The van der Waals surface area contributed by atoms with Crippen LogP contribution in [0.1, 0.15) is 86.5 Å². The minimum Gasteiger partial charge on any atom is -0.481 e. The van der Waals surface area contributed by atoms with Crippen molar-refractivity contribution < 1.29 is 30.3 Å². The maximum atomic E-state index is 12.8. The average Bonchev–Trinajstić information content (AvgIpc) is 2.80. The largest absolute Gasteiger partial charge is 0.481 e. The molecule has 0 amide bonds. The fourth-order valence-electron chi connectivity index (χ4n) is 11.2. The van der Waals surface area contributed by atoms with Crippen LogP contribution in [0.2, 0.25) is 0 Å². The van der Waals surface area contributed by atoms with E-state index in [1.807, 2.05) is 6.92 Å². The van der Waals surface area contributed by atoms with Crippen LogP contribution in [0.15, 0.2) is 11.6 Å². The topological polar surface area (TPSA) is 118 Å². The Balaban J connectivity index is 1.65. The molecule has 0 aromatic rings. The van der Waals surface area contributed by atoms with Crippen molar-refractivity contribution in [3.8, 4) is 0 Å². The zero-order valence-electron chi connectivity index (χ0n) is 23.0. The van der Waals surface area contributed by atoms with Crippen LogP contribution in [0, 0.1) is 56.7 Å². The second-order valence-corrected chi connectivity index (χ2v) is 14.6. The minimum absolute atomic E-state index is 0.000534. The van der Waals surface area contributed by atoms with Crippen molar-refractivity contribution in [1.29, 1.82) is 0 Å². The average molecular weight is 505 g/mol. The third-order valence-electron chi connectivity index (χ3n) is 13.4. The third kappa shape index (κ3) is 2.96. The number of aliphatic carboxylic acids is 1. The van der Waals surface area contributed by atoms with E-state index in [0.717, 1.165) is 25.7 Å². The molecule has 0 spiro atoms. The molecule has 36 heavy (non-hydrogen) atoms. The molecule has 0 aliphatic heterocycles. The highest BCUT2D eigenvalue weighted by Gasteiger charge is 2.72. The Hall–Kier alpha value is -0.950. The molecule has 13 atom stereocenters. The lowest BCUT2D eigenvalue weighted by atomic mass is 9.32. The van der Waals surface area contributed by atoms with Gasteiger partial charge in [0.1, 0.15) is 0 Å². The van der Waals surface area contributed by atoms with E-state index in [-0.39, 0.29) is 41.1 Å². The third-order valence-corrected chi connectivity index (χ3v) is 13.4. The fraction of sp³-hybridized carbons (Fsp3) is 0.900. The van der Waals surface area contributed by atoms with E-state index in [9.17, 15) is 30.3 Å². The van der Waals surface area contributed by atoms with Gasteiger partial charge in [-0.2, -0.15) is 0 Å². The van der Waals surface area contributed by atoms with Gasteiger partial charge in [-0.3, -0.25) is 4.79 Å². The number of aliphatic hydroxyl groups is 4. The van der Waals surface area contributed by atoms with E-state index < -0.39 is 40.5 Å². The van der Waals surface area contributed by atoms with Gasteiger partial charge in [0.05, 0.1) is 30.3 Å². The monoisotopic (exact) mass is 504 g/mol. The molecule has 4 fully saturated rings. The van der Waals surface area contributed by atoms with Gasteiger partial charge < -0.3 is 25.5 Å². The minimum atomic E-state index is -1.08. The van der Waals surface area contributed by atoms with Crippen molar-refractivity contribution >= 4 is 5.97 Å². The van der Waals surface area contributed by atoms with E-state index in [1.54, 1.807) is 0 Å². The fourth-order valence-corrected chi connectivity index (χ4v) is 11.2. The van der Waals surface area contributed by atoms with Crippen LogP contribution in [0.25, 0.3) is 0 Å². The van der Waals surface area contributed by atoms with Crippen molar-refractivity contribution in [2.45, 2.75) is 105 Å². The highest BCUT2D eigenvalue weighted by molar-refractivity contribution is 5.76. The highest BCUT2D eigenvalue weighted by Crippen LogP contribution is 2.75. The summed E-state index contributed by atoms with van der Waals surface area (Å²) < 4.78 is 0. The Morgan fingerprint density at radius 2 is 1.67 bits per heavy atom. The molecule has 0 unspecified atom stereocenters. The molecule has 5 rings (SSSR count). The zero-order chi connectivity index (χ0) is 26.6. The smallest absolute Gasteiger partial charge is 0.310 e. The van der Waals surface area contributed by atoms with Crippen LogP contribution in [0.3, 0.4) is 0 Å². The molecule has 0 heterocycles. The Bertz CT molecular complexity index is 963. The van der Waals surface area contributed by atoms with Crippen molar-refractivity contribution in [2.24, 2.45) is 56.7 Å². The normalized spacial score (nSPS) is 58.6. The van der Waals surface area contributed by atoms with Crippen LogP contribution in [-0.4, -0.2) is 56.4 Å². The lowest BCUT2D eigenvalue weighted by Gasteiger charge is -2.72. The van der Waals surface area contributed by atoms with Gasteiger partial charge in [-0.1, -0.05) is 53.2 Å². The lowest BCUT2D eigenvalue weighted by Crippen LogP contribution is -2.71. The second kappa shape index (κ2) is 8.03. The second-order valence-electron chi connectivity index (χ2n) is 14.6. The van der Waals surface area contributed by atoms with Crippen LogP contribution >= 0.6 is 0 Å². The van der Waals surface area contributed by atoms with Gasteiger partial charge in [-0.15, -0.1) is 0 Å². The summed E-state index contributed by atoms with van der Waals surface area (Å²) in [7, 11) is 0. The molecule has 5 aliphatic carbocycles. The Morgan fingerprint density at radius 1 is 1.00 bits per heavy atom. The van der Waals surface area contributed by atoms with Gasteiger partial charge >= 0.3 is 5.97 Å². The number of fused-ring (bicyclic) bond motifs is 7. The van der Waals surface area contributed by atoms with E-state index in [0.29, 0.717) is 25.2 Å². The number of carboxylic acids is 1. The first kappa shape index (κ1) is 26.6. The molecule has 0 saturated heterocycles. The summed E-state index contributed by atoms with van der Waals surface area (Å²) in [5, 5.41) is 54.7. The quantitative estimate of drug-likeness (QED) is 0.363. The molecule has 0 bridgehead atoms. The Labute approximate surface area is 216 Å². The van der Waals surface area contributed by atoms with E-state index in [4.69, 9.17) is 0 Å². The van der Waals surface area contributed by atoms with E-state index in [1.165, 1.54) is 5.57 Å². The molecule has 6 heteroatoms. The molecular formula is C30H48O6. The summed E-state index contributed by atoms with van der Waals surface area (Å²) in [6, 6.07) is 0. The van der Waals surface area contributed by atoms with Gasteiger partial charge in [-0.25, -0.2) is 0 Å². The van der Waals surface area contributed by atoms with Gasteiger partial charge in [0.25, 0.3) is 0 Å². The van der Waals surface area contributed by atoms with Crippen molar-refractivity contribution in [3.05, 3.63) is 11.6 Å². The molecule has 204 valence electrons. The molecule has 5 aliphatic rings. The van der Waals surface area contributed by atoms with Crippen molar-refractivity contribution in [1.82, 2.24) is 0 Å². The maximum Gasteiger partial charge on any atom is 0.310 e. The number of hydrogen-bond acceptors (Lipinski definition) is 5. The summed E-state index contributed by atoms with van der Waals surface area (Å²) in [6.45, 7) is 12.8. The van der Waals surface area contributed by atoms with Crippen LogP contribution in [-0.2, 0) is 4.79 Å². The first-order chi connectivity index (χ1) is 16.6. The molecule has 6 nitrogen and oxygen atoms in total. The van der Waals surface area contributed by atoms with Crippen LogP contribution in [0.4, 0.5) is 0 Å². The number of aliphatic hydroxyl groups excluding tert-OH is 4. The SMILES string of the molecule is C[C@@H]1[C@H](C)CC[C@]2(C(=O)O)CC[C@]3(C)C(=CC[C@@H]4[C@]5(C)C[C@H](O)[C@H](O)[C@](C)(CO)[C@@H]5[C@H](O)C[C@@]43C)[C@@H]12. The number of allylic oxidation sites excluding steroid dienone is 2. The standard InChI is InChI=1S/C30H48O6/c1-16-9-10-30(25(35)36)12-11-28(5)18(22(30)17(16)2)7-8-21-26(3)13-20(33)24(34)27(4,15-31)23(26)19(32)14-29(21,28)6/h7,16-17,19-24,31-34H,8-15H2,1-6H3,(H,35,36)/t16-,17-,19-,20+,21-,22-,23-,24+,26+,27-,28-,29+,30+/m1/s1. The lowest BCUT2D eigenvalue weighted by molar-refractivity contribution is -0.273. The van der Waals surface area contributed by atoms with Gasteiger partial charge in [0.2, 0.25) is 0 Å². The predicted octanol–water partition coefficient (Wildman–Crippen LogP) is 4.00. The molecule has 5 N–H and O–H groups in total. The Kier molecular flexibility index (Phi) is 5.95.